The summed E-state index contributed by atoms with van der Waals surface area (Å²) in [4.78, 5) is 0. The number of methoxy groups -OCH3 is 2. The van der Waals surface area contributed by atoms with Crippen LogP contribution in [-0.2, 0) is 11.3 Å². The van der Waals surface area contributed by atoms with E-state index in [1.54, 1.807) is 14.2 Å². The monoisotopic (exact) mass is 327 g/mol. The molecule has 0 atom stereocenters. The van der Waals surface area contributed by atoms with E-state index < -0.39 is 0 Å². The van der Waals surface area contributed by atoms with Crippen molar-refractivity contribution >= 4 is 15.9 Å². The molecule has 1 aromatic rings. The lowest BCUT2D eigenvalue weighted by atomic mass is 10.2. The predicted octanol–water partition coefficient (Wildman–Crippen LogP) is 2.21. The van der Waals surface area contributed by atoms with E-state index in [-0.39, 0.29) is 6.61 Å². The summed E-state index contributed by atoms with van der Waals surface area (Å²) in [6.07, 6.45) is 5.19. The van der Waals surface area contributed by atoms with Crippen molar-refractivity contribution in [1.82, 2.24) is 5.32 Å². The van der Waals surface area contributed by atoms with Gasteiger partial charge in [-0.1, -0.05) is 5.92 Å². The number of rotatable bonds is 8. The van der Waals surface area contributed by atoms with Crippen molar-refractivity contribution in [1.29, 1.82) is 0 Å². The normalized spacial score (nSPS) is 10.0. The number of hydrogen-bond donors (Lipinski definition) is 1. The summed E-state index contributed by atoms with van der Waals surface area (Å²) in [5, 5.41) is 3.27. The van der Waals surface area contributed by atoms with Gasteiger partial charge in [0.05, 0.1) is 18.2 Å². The largest absolute Gasteiger partial charge is 0.493 e. The van der Waals surface area contributed by atoms with E-state index in [9.17, 15) is 0 Å². The minimum Gasteiger partial charge on any atom is -0.493 e. The highest BCUT2D eigenvalue weighted by Crippen LogP contribution is 2.36. The van der Waals surface area contributed by atoms with Gasteiger partial charge in [-0.3, -0.25) is 0 Å². The Balaban J connectivity index is 2.75. The average Bonchev–Trinajstić information content (AvgIpc) is 2.42. The Morgan fingerprint density at radius 2 is 2.16 bits per heavy atom. The molecule has 19 heavy (non-hydrogen) atoms. The van der Waals surface area contributed by atoms with E-state index in [2.05, 4.69) is 27.2 Å². The Bertz CT molecular complexity index is 443. The first-order chi connectivity index (χ1) is 9.22. The van der Waals surface area contributed by atoms with Crippen molar-refractivity contribution in [2.24, 2.45) is 0 Å². The Hall–Kier alpha value is -1.22. The van der Waals surface area contributed by atoms with Gasteiger partial charge < -0.3 is 19.5 Å². The highest BCUT2D eigenvalue weighted by molar-refractivity contribution is 9.10. The lowest BCUT2D eigenvalue weighted by Crippen LogP contribution is -2.18. The van der Waals surface area contributed by atoms with Crippen molar-refractivity contribution in [3.63, 3.8) is 0 Å². The van der Waals surface area contributed by atoms with Crippen molar-refractivity contribution in [2.45, 2.75) is 6.54 Å². The minimum absolute atomic E-state index is 0.209. The van der Waals surface area contributed by atoms with Crippen molar-refractivity contribution in [2.75, 3.05) is 34.0 Å². The summed E-state index contributed by atoms with van der Waals surface area (Å²) in [6.45, 7) is 2.42. The summed E-state index contributed by atoms with van der Waals surface area (Å²) >= 11 is 3.47. The number of ether oxygens (including phenoxy) is 3. The second-order valence-corrected chi connectivity index (χ2v) is 4.63. The molecular formula is C14H18BrNO3. The van der Waals surface area contributed by atoms with E-state index in [1.807, 2.05) is 12.1 Å². The zero-order valence-electron chi connectivity index (χ0n) is 11.2. The molecule has 1 rings (SSSR count). The number of nitrogens with one attached hydrogen (secondary N) is 1. The van der Waals surface area contributed by atoms with E-state index >= 15 is 0 Å². The first-order valence-electron chi connectivity index (χ1n) is 5.85. The molecule has 0 aromatic heterocycles. The smallest absolute Gasteiger partial charge is 0.176 e. The van der Waals surface area contributed by atoms with E-state index in [0.717, 1.165) is 23.1 Å². The Morgan fingerprint density at radius 3 is 2.79 bits per heavy atom. The van der Waals surface area contributed by atoms with Gasteiger partial charge >= 0.3 is 0 Å². The molecule has 0 unspecified atom stereocenters. The van der Waals surface area contributed by atoms with E-state index in [0.29, 0.717) is 18.1 Å². The van der Waals surface area contributed by atoms with E-state index in [4.69, 9.17) is 20.6 Å². The highest BCUT2D eigenvalue weighted by Gasteiger charge is 2.11. The SMILES string of the molecule is C#CCOc1c(Br)cc(CNCCOC)cc1OC. The van der Waals surface area contributed by atoms with Crippen LogP contribution in [0.2, 0.25) is 0 Å². The molecule has 1 aromatic carbocycles. The van der Waals surface area contributed by atoms with Crippen LogP contribution in [0.15, 0.2) is 16.6 Å². The second kappa shape index (κ2) is 8.81. The minimum atomic E-state index is 0.209. The molecule has 0 saturated heterocycles. The molecule has 0 aliphatic rings. The average molecular weight is 328 g/mol. The van der Waals surface area contributed by atoms with Crippen LogP contribution in [0.5, 0.6) is 11.5 Å². The third-order valence-electron chi connectivity index (χ3n) is 2.40. The maximum atomic E-state index is 5.46. The number of hydrogen-bond acceptors (Lipinski definition) is 4. The molecule has 5 heteroatoms. The Kier molecular flexibility index (Phi) is 7.34. The van der Waals surface area contributed by atoms with Crippen LogP contribution < -0.4 is 14.8 Å². The van der Waals surface area contributed by atoms with Gasteiger partial charge in [0, 0.05) is 20.2 Å². The van der Waals surface area contributed by atoms with Crippen molar-refractivity contribution in [3.05, 3.63) is 22.2 Å². The fraction of sp³-hybridized carbons (Fsp3) is 0.429. The summed E-state index contributed by atoms with van der Waals surface area (Å²) < 4.78 is 16.6. The molecule has 104 valence electrons. The molecule has 0 bridgehead atoms. The first-order valence-corrected chi connectivity index (χ1v) is 6.64. The summed E-state index contributed by atoms with van der Waals surface area (Å²) in [7, 11) is 3.28. The van der Waals surface area contributed by atoms with Crippen LogP contribution in [0, 0.1) is 12.3 Å². The molecular weight excluding hydrogens is 310 g/mol. The molecule has 0 amide bonds. The van der Waals surface area contributed by atoms with Crippen LogP contribution in [0.4, 0.5) is 0 Å². The molecule has 0 saturated carbocycles. The van der Waals surface area contributed by atoms with Gasteiger partial charge in [0.2, 0.25) is 0 Å². The van der Waals surface area contributed by atoms with Gasteiger partial charge in [-0.2, -0.15) is 0 Å². The van der Waals surface area contributed by atoms with Crippen LogP contribution in [0.25, 0.3) is 0 Å². The van der Waals surface area contributed by atoms with Crippen LogP contribution in [-0.4, -0.2) is 34.0 Å². The first kappa shape index (κ1) is 15.8. The maximum absolute atomic E-state index is 5.46. The number of benzene rings is 1. The fourth-order valence-electron chi connectivity index (χ4n) is 1.54. The zero-order valence-corrected chi connectivity index (χ0v) is 12.7. The Labute approximate surface area is 122 Å². The predicted molar refractivity (Wildman–Crippen MR) is 78.6 cm³/mol. The van der Waals surface area contributed by atoms with Gasteiger partial charge in [0.1, 0.15) is 6.61 Å². The quantitative estimate of drug-likeness (QED) is 0.587. The number of halogens is 1. The van der Waals surface area contributed by atoms with Crippen molar-refractivity contribution in [3.8, 4) is 23.8 Å². The summed E-state index contributed by atoms with van der Waals surface area (Å²) in [6, 6.07) is 3.91. The topological polar surface area (TPSA) is 39.7 Å². The standard InChI is InChI=1S/C14H18BrNO3/c1-4-6-19-14-12(15)8-11(9-13(14)18-3)10-16-5-7-17-2/h1,8-9,16H,5-7,10H2,2-3H3. The van der Waals surface area contributed by atoms with Gasteiger partial charge in [0.25, 0.3) is 0 Å². The summed E-state index contributed by atoms with van der Waals surface area (Å²) in [5.41, 5.74) is 1.09. The zero-order chi connectivity index (χ0) is 14.1. The third kappa shape index (κ3) is 5.11. The van der Waals surface area contributed by atoms with Crippen LogP contribution in [0.1, 0.15) is 5.56 Å². The second-order valence-electron chi connectivity index (χ2n) is 3.77. The van der Waals surface area contributed by atoms with Crippen molar-refractivity contribution < 1.29 is 14.2 Å². The highest BCUT2D eigenvalue weighted by atomic mass is 79.9. The Morgan fingerprint density at radius 1 is 1.37 bits per heavy atom. The number of terminal acetylenes is 1. The third-order valence-corrected chi connectivity index (χ3v) is 2.99. The van der Waals surface area contributed by atoms with Crippen LogP contribution >= 0.6 is 15.9 Å². The fourth-order valence-corrected chi connectivity index (χ4v) is 2.14. The molecule has 0 heterocycles. The molecule has 1 N–H and O–H groups in total. The lowest BCUT2D eigenvalue weighted by Gasteiger charge is -2.13. The van der Waals surface area contributed by atoms with E-state index in [1.165, 1.54) is 0 Å². The maximum Gasteiger partial charge on any atom is 0.176 e. The molecule has 4 nitrogen and oxygen atoms in total. The molecule has 0 aliphatic heterocycles. The van der Waals surface area contributed by atoms with Gasteiger partial charge in [0.15, 0.2) is 11.5 Å². The molecule has 0 spiro atoms. The summed E-state index contributed by atoms with van der Waals surface area (Å²) in [5.74, 6) is 3.72. The van der Waals surface area contributed by atoms with Gasteiger partial charge in [-0.25, -0.2) is 0 Å². The molecule has 0 fully saturated rings. The van der Waals surface area contributed by atoms with Gasteiger partial charge in [-0.15, -0.1) is 6.42 Å². The molecule has 0 radical (unpaired) electrons. The molecule has 0 aliphatic carbocycles. The lowest BCUT2D eigenvalue weighted by molar-refractivity contribution is 0.199. The van der Waals surface area contributed by atoms with Gasteiger partial charge in [-0.05, 0) is 33.6 Å². The van der Waals surface area contributed by atoms with Crippen LogP contribution in [0.3, 0.4) is 0 Å².